The number of nitrogens with one attached hydrogen (secondary N) is 1. The molecule has 1 amide bonds. The zero-order chi connectivity index (χ0) is 25.4. The number of aromatic nitrogens is 3. The first-order valence-electron chi connectivity index (χ1n) is 11.0. The van der Waals surface area contributed by atoms with Crippen LogP contribution in [0.2, 0.25) is 5.15 Å². The maximum Gasteiger partial charge on any atom is 0.273 e. The highest BCUT2D eigenvalue weighted by Gasteiger charge is 2.49. The fourth-order valence-electron chi connectivity index (χ4n) is 4.90. The van der Waals surface area contributed by atoms with Crippen LogP contribution in [0.15, 0.2) is 41.8 Å². The number of thioether (sulfide) groups is 1. The molecule has 8 nitrogen and oxygen atoms in total. The zero-order valence-electron chi connectivity index (χ0n) is 19.1. The lowest BCUT2D eigenvalue weighted by Gasteiger charge is -2.45. The Morgan fingerprint density at radius 2 is 2.08 bits per heavy atom. The molecule has 2 atom stereocenters. The molecule has 5 rings (SSSR count). The van der Waals surface area contributed by atoms with Crippen LogP contribution < -0.4 is 15.8 Å². The van der Waals surface area contributed by atoms with Crippen molar-refractivity contribution in [1.29, 1.82) is 0 Å². The van der Waals surface area contributed by atoms with Gasteiger partial charge in [-0.3, -0.25) is 9.79 Å². The maximum atomic E-state index is 15.1. The normalized spacial score (nSPS) is 20.7. The van der Waals surface area contributed by atoms with E-state index in [1.807, 2.05) is 0 Å². The van der Waals surface area contributed by atoms with E-state index >= 15 is 4.39 Å². The van der Waals surface area contributed by atoms with E-state index in [0.717, 1.165) is 22.8 Å². The van der Waals surface area contributed by atoms with Gasteiger partial charge in [0.05, 0.1) is 12.6 Å². The molecule has 1 unspecified atom stereocenters. The van der Waals surface area contributed by atoms with Crippen molar-refractivity contribution in [3.8, 4) is 5.88 Å². The average Bonchev–Trinajstić information content (AvgIpc) is 2.86. The third-order valence-corrected chi connectivity index (χ3v) is 7.79. The summed E-state index contributed by atoms with van der Waals surface area (Å²) in [6.07, 6.45) is 5.20. The van der Waals surface area contributed by atoms with Gasteiger partial charge in [-0.15, -0.1) is 0 Å². The van der Waals surface area contributed by atoms with Gasteiger partial charge < -0.3 is 15.8 Å². The van der Waals surface area contributed by atoms with E-state index in [9.17, 15) is 9.18 Å². The SMILES string of the molecule is COc1ncc(CNC(=O)c2nccnc2Cl)c2c1C[C@]1(c3ccc(F)cc3F)N=C(N)SCC1C2. The number of ether oxygens (including phenoxy) is 1. The molecular formula is C24H21ClF2N6O2S. The molecule has 12 heteroatoms. The second-order valence-corrected chi connectivity index (χ2v) is 9.91. The lowest BCUT2D eigenvalue weighted by atomic mass is 9.67. The molecule has 1 aliphatic carbocycles. The summed E-state index contributed by atoms with van der Waals surface area (Å²) in [4.78, 5) is 29.7. The van der Waals surface area contributed by atoms with Gasteiger partial charge >= 0.3 is 0 Å². The highest BCUT2D eigenvalue weighted by Crippen LogP contribution is 2.50. The van der Waals surface area contributed by atoms with Gasteiger partial charge in [0.2, 0.25) is 5.88 Å². The molecule has 36 heavy (non-hydrogen) atoms. The number of methoxy groups -OCH3 is 1. The first kappa shape index (κ1) is 24.4. The van der Waals surface area contributed by atoms with E-state index < -0.39 is 23.1 Å². The Morgan fingerprint density at radius 3 is 2.83 bits per heavy atom. The van der Waals surface area contributed by atoms with Gasteiger partial charge in [-0.1, -0.05) is 29.4 Å². The fraction of sp³-hybridized carbons (Fsp3) is 0.292. The molecule has 2 aliphatic rings. The molecule has 3 heterocycles. The largest absolute Gasteiger partial charge is 0.481 e. The van der Waals surface area contributed by atoms with Gasteiger partial charge in [0, 0.05) is 60.4 Å². The number of amidine groups is 1. The Balaban J connectivity index is 1.54. The van der Waals surface area contributed by atoms with Crippen LogP contribution in [0.3, 0.4) is 0 Å². The molecule has 0 saturated carbocycles. The van der Waals surface area contributed by atoms with E-state index in [0.29, 0.717) is 23.2 Å². The third-order valence-electron chi connectivity index (χ3n) is 6.56. The minimum atomic E-state index is -1.04. The average molecular weight is 531 g/mol. The molecule has 0 fully saturated rings. The highest BCUT2D eigenvalue weighted by atomic mass is 35.5. The lowest BCUT2D eigenvalue weighted by Crippen LogP contribution is -2.47. The molecule has 0 radical (unpaired) electrons. The van der Waals surface area contributed by atoms with Crippen LogP contribution in [-0.2, 0) is 24.9 Å². The van der Waals surface area contributed by atoms with Gasteiger partial charge in [0.1, 0.15) is 11.6 Å². The number of amides is 1. The molecule has 3 aromatic rings. The van der Waals surface area contributed by atoms with Gasteiger partial charge in [0.25, 0.3) is 5.91 Å². The quantitative estimate of drug-likeness (QED) is 0.519. The fourth-order valence-corrected chi connectivity index (χ4v) is 6.08. The van der Waals surface area contributed by atoms with Gasteiger partial charge in [0.15, 0.2) is 16.0 Å². The number of aliphatic imine (C=N–C) groups is 1. The van der Waals surface area contributed by atoms with E-state index in [-0.39, 0.29) is 35.3 Å². The summed E-state index contributed by atoms with van der Waals surface area (Å²) in [5, 5.41) is 3.17. The Hall–Kier alpha value is -3.31. The van der Waals surface area contributed by atoms with Crippen molar-refractivity contribution in [2.24, 2.45) is 16.6 Å². The number of hydrogen-bond acceptors (Lipinski definition) is 8. The Kier molecular flexibility index (Phi) is 6.52. The van der Waals surface area contributed by atoms with Crippen molar-refractivity contribution in [2.75, 3.05) is 12.9 Å². The lowest BCUT2D eigenvalue weighted by molar-refractivity contribution is 0.0945. The predicted molar refractivity (Wildman–Crippen MR) is 132 cm³/mol. The second-order valence-electron chi connectivity index (χ2n) is 8.52. The number of halogens is 3. The Labute approximate surface area is 214 Å². The number of carbonyl (C=O) groups is 1. The van der Waals surface area contributed by atoms with Crippen LogP contribution in [-0.4, -0.2) is 38.9 Å². The number of hydrogen-bond donors (Lipinski definition) is 2. The summed E-state index contributed by atoms with van der Waals surface area (Å²) < 4.78 is 34.4. The number of benzene rings is 1. The number of nitrogens with two attached hydrogens (primary N) is 1. The summed E-state index contributed by atoms with van der Waals surface area (Å²) in [5.74, 6) is -0.979. The number of rotatable bonds is 5. The minimum Gasteiger partial charge on any atom is -0.481 e. The number of pyridine rings is 1. The topological polar surface area (TPSA) is 115 Å². The van der Waals surface area contributed by atoms with Crippen LogP contribution in [0, 0.1) is 17.6 Å². The summed E-state index contributed by atoms with van der Waals surface area (Å²) in [6.45, 7) is 0.161. The van der Waals surface area contributed by atoms with E-state index in [1.54, 1.807) is 6.20 Å². The van der Waals surface area contributed by atoms with Crippen molar-refractivity contribution in [2.45, 2.75) is 24.9 Å². The molecular weight excluding hydrogens is 510 g/mol. The summed E-state index contributed by atoms with van der Waals surface area (Å²) in [6, 6.07) is 3.53. The van der Waals surface area contributed by atoms with Crippen molar-refractivity contribution >= 4 is 34.4 Å². The van der Waals surface area contributed by atoms with Gasteiger partial charge in [-0.25, -0.2) is 23.7 Å². The third kappa shape index (κ3) is 4.26. The Bertz CT molecular complexity index is 1390. The molecule has 0 bridgehead atoms. The zero-order valence-corrected chi connectivity index (χ0v) is 20.7. The molecule has 186 valence electrons. The van der Waals surface area contributed by atoms with Gasteiger partial charge in [-0.2, -0.15) is 0 Å². The van der Waals surface area contributed by atoms with Crippen molar-refractivity contribution < 1.29 is 18.3 Å². The highest BCUT2D eigenvalue weighted by molar-refractivity contribution is 8.13. The van der Waals surface area contributed by atoms with Crippen LogP contribution in [0.4, 0.5) is 8.78 Å². The minimum absolute atomic E-state index is 0.00525. The smallest absolute Gasteiger partial charge is 0.273 e. The molecule has 2 aromatic heterocycles. The molecule has 0 saturated heterocycles. The van der Waals surface area contributed by atoms with Crippen LogP contribution >= 0.6 is 23.4 Å². The summed E-state index contributed by atoms with van der Waals surface area (Å²) >= 11 is 7.40. The number of fused-ring (bicyclic) bond motifs is 2. The van der Waals surface area contributed by atoms with Crippen LogP contribution in [0.5, 0.6) is 5.88 Å². The van der Waals surface area contributed by atoms with Crippen molar-refractivity contribution in [1.82, 2.24) is 20.3 Å². The maximum absolute atomic E-state index is 15.1. The van der Waals surface area contributed by atoms with Crippen molar-refractivity contribution in [3.05, 3.63) is 81.5 Å². The van der Waals surface area contributed by atoms with E-state index in [4.69, 9.17) is 27.1 Å². The number of nitrogens with zero attached hydrogens (tertiary/aromatic N) is 4. The predicted octanol–water partition coefficient (Wildman–Crippen LogP) is 3.41. The first-order chi connectivity index (χ1) is 17.3. The Morgan fingerprint density at radius 1 is 1.28 bits per heavy atom. The molecule has 1 aliphatic heterocycles. The van der Waals surface area contributed by atoms with Crippen molar-refractivity contribution in [3.63, 3.8) is 0 Å². The summed E-state index contributed by atoms with van der Waals surface area (Å²) in [7, 11) is 1.51. The monoisotopic (exact) mass is 530 g/mol. The second kappa shape index (κ2) is 9.62. The van der Waals surface area contributed by atoms with E-state index in [1.165, 1.54) is 43.4 Å². The first-order valence-corrected chi connectivity index (χ1v) is 12.4. The molecule has 3 N–H and O–H groups in total. The van der Waals surface area contributed by atoms with Crippen LogP contribution in [0.1, 0.15) is 32.7 Å². The molecule has 0 spiro atoms. The van der Waals surface area contributed by atoms with Crippen LogP contribution in [0.25, 0.3) is 0 Å². The standard InChI is InChI=1S/C24H21ClF2N6O2S/c1-35-22-16-8-24(17-3-2-14(26)7-18(17)27)13(11-36-23(28)33-24)6-15(16)12(10-32-22)9-31-21(34)19-20(25)30-5-4-29-19/h2-5,7,10,13H,6,8-9,11H2,1H3,(H2,28,33)(H,31,34)/t13?,24-/m0/s1. The van der Waals surface area contributed by atoms with E-state index in [2.05, 4.69) is 20.3 Å². The summed E-state index contributed by atoms with van der Waals surface area (Å²) in [5.41, 5.74) is 7.83. The molecule has 1 aromatic carbocycles. The van der Waals surface area contributed by atoms with Gasteiger partial charge in [-0.05, 0) is 23.6 Å². The number of carbonyl (C=O) groups excluding carboxylic acids is 1.